The van der Waals surface area contributed by atoms with Crippen molar-refractivity contribution in [1.82, 2.24) is 0 Å². The SMILES string of the molecule is CC(C)[C@H](N)C(=O)OO. The summed E-state index contributed by atoms with van der Waals surface area (Å²) in [7, 11) is 0. The first-order chi connectivity index (χ1) is 4.09. The Morgan fingerprint density at radius 1 is 1.67 bits per heavy atom. The van der Waals surface area contributed by atoms with E-state index < -0.39 is 12.0 Å². The van der Waals surface area contributed by atoms with Gasteiger partial charge in [0.15, 0.2) is 0 Å². The minimum absolute atomic E-state index is 0.00958. The third-order valence-corrected chi connectivity index (χ3v) is 1.08. The predicted molar refractivity (Wildman–Crippen MR) is 31.5 cm³/mol. The van der Waals surface area contributed by atoms with Crippen molar-refractivity contribution in [3.8, 4) is 0 Å². The maximum Gasteiger partial charge on any atom is 0.358 e. The van der Waals surface area contributed by atoms with E-state index in [0.717, 1.165) is 0 Å². The molecule has 0 spiro atoms. The van der Waals surface area contributed by atoms with E-state index in [2.05, 4.69) is 4.89 Å². The Bertz CT molecular complexity index is 102. The van der Waals surface area contributed by atoms with Crippen LogP contribution in [0.1, 0.15) is 13.8 Å². The number of hydrogen-bond acceptors (Lipinski definition) is 4. The fraction of sp³-hybridized carbons (Fsp3) is 0.800. The highest BCUT2D eigenvalue weighted by Gasteiger charge is 2.18. The molecule has 0 aromatic rings. The van der Waals surface area contributed by atoms with Gasteiger partial charge in [-0.15, -0.1) is 0 Å². The summed E-state index contributed by atoms with van der Waals surface area (Å²) in [4.78, 5) is 13.8. The molecular formula is C5H11NO3. The van der Waals surface area contributed by atoms with Gasteiger partial charge < -0.3 is 5.73 Å². The molecule has 0 aromatic carbocycles. The van der Waals surface area contributed by atoms with E-state index in [1.807, 2.05) is 0 Å². The summed E-state index contributed by atoms with van der Waals surface area (Å²) >= 11 is 0. The lowest BCUT2D eigenvalue weighted by Gasteiger charge is -2.09. The molecule has 0 fully saturated rings. The normalized spacial score (nSPS) is 13.4. The minimum Gasteiger partial charge on any atom is -0.318 e. The van der Waals surface area contributed by atoms with E-state index in [9.17, 15) is 4.79 Å². The van der Waals surface area contributed by atoms with Gasteiger partial charge in [-0.25, -0.2) is 4.79 Å². The van der Waals surface area contributed by atoms with Crippen LogP contribution in [0.3, 0.4) is 0 Å². The van der Waals surface area contributed by atoms with Crippen LogP contribution < -0.4 is 5.73 Å². The molecule has 0 aliphatic rings. The van der Waals surface area contributed by atoms with Crippen molar-refractivity contribution in [3.05, 3.63) is 0 Å². The van der Waals surface area contributed by atoms with Crippen molar-refractivity contribution in [2.45, 2.75) is 19.9 Å². The molecule has 0 aliphatic heterocycles. The first-order valence-electron chi connectivity index (χ1n) is 2.70. The standard InChI is InChI=1S/C5H11NO3/c1-3(2)4(6)5(7)9-8/h3-4,8H,6H2,1-2H3/t4-/m0/s1. The maximum atomic E-state index is 10.4. The second-order valence-corrected chi connectivity index (χ2v) is 2.18. The van der Waals surface area contributed by atoms with Crippen molar-refractivity contribution in [2.75, 3.05) is 0 Å². The molecule has 1 atom stereocenters. The molecule has 54 valence electrons. The molecule has 4 heteroatoms. The quantitative estimate of drug-likeness (QED) is 0.410. The molecule has 0 unspecified atom stereocenters. The van der Waals surface area contributed by atoms with E-state index in [0.29, 0.717) is 0 Å². The molecule has 0 aromatic heterocycles. The highest BCUT2D eigenvalue weighted by Crippen LogP contribution is 1.98. The van der Waals surface area contributed by atoms with Gasteiger partial charge in [0.25, 0.3) is 0 Å². The first-order valence-corrected chi connectivity index (χ1v) is 2.70. The van der Waals surface area contributed by atoms with Gasteiger partial charge in [0, 0.05) is 0 Å². The second-order valence-electron chi connectivity index (χ2n) is 2.18. The molecule has 0 amide bonds. The van der Waals surface area contributed by atoms with Crippen molar-refractivity contribution < 1.29 is 14.9 Å². The highest BCUT2D eigenvalue weighted by atomic mass is 17.1. The largest absolute Gasteiger partial charge is 0.358 e. The molecule has 0 saturated carbocycles. The van der Waals surface area contributed by atoms with Crippen molar-refractivity contribution in [2.24, 2.45) is 11.7 Å². The fourth-order valence-corrected chi connectivity index (χ4v) is 0.333. The van der Waals surface area contributed by atoms with E-state index in [4.69, 9.17) is 11.0 Å². The first kappa shape index (κ1) is 8.39. The van der Waals surface area contributed by atoms with Crippen molar-refractivity contribution in [1.29, 1.82) is 0 Å². The van der Waals surface area contributed by atoms with E-state index in [1.54, 1.807) is 13.8 Å². The average molecular weight is 133 g/mol. The fourth-order valence-electron chi connectivity index (χ4n) is 0.333. The summed E-state index contributed by atoms with van der Waals surface area (Å²) in [5.41, 5.74) is 5.24. The Morgan fingerprint density at radius 3 is 2.22 bits per heavy atom. The molecule has 3 N–H and O–H groups in total. The molecule has 0 saturated heterocycles. The molecular weight excluding hydrogens is 122 g/mol. The molecule has 9 heavy (non-hydrogen) atoms. The van der Waals surface area contributed by atoms with E-state index in [-0.39, 0.29) is 5.92 Å². The molecule has 0 heterocycles. The Labute approximate surface area is 53.5 Å². The molecule has 0 rings (SSSR count). The number of carbonyl (C=O) groups is 1. The smallest absolute Gasteiger partial charge is 0.318 e. The van der Waals surface area contributed by atoms with Crippen LogP contribution in [-0.2, 0) is 9.68 Å². The zero-order valence-electron chi connectivity index (χ0n) is 5.50. The summed E-state index contributed by atoms with van der Waals surface area (Å²) in [5.74, 6) is -0.797. The van der Waals surface area contributed by atoms with Gasteiger partial charge in [0.05, 0.1) is 0 Å². The van der Waals surface area contributed by atoms with Gasteiger partial charge in [-0.1, -0.05) is 13.8 Å². The lowest BCUT2D eigenvalue weighted by molar-refractivity contribution is -0.236. The van der Waals surface area contributed by atoms with Gasteiger partial charge in [-0.05, 0) is 5.92 Å². The van der Waals surface area contributed by atoms with Crippen LogP contribution in [0.4, 0.5) is 0 Å². The lowest BCUT2D eigenvalue weighted by atomic mass is 10.1. The van der Waals surface area contributed by atoms with Gasteiger partial charge in [-0.3, -0.25) is 4.89 Å². The number of hydrogen-bond donors (Lipinski definition) is 2. The Hall–Kier alpha value is -0.610. The molecule has 0 bridgehead atoms. The summed E-state index contributed by atoms with van der Waals surface area (Å²) in [6, 6.07) is -0.727. The van der Waals surface area contributed by atoms with Crippen LogP contribution in [0, 0.1) is 5.92 Å². The molecule has 0 radical (unpaired) electrons. The van der Waals surface area contributed by atoms with E-state index in [1.165, 1.54) is 0 Å². The van der Waals surface area contributed by atoms with Gasteiger partial charge in [0.1, 0.15) is 6.04 Å². The highest BCUT2D eigenvalue weighted by molar-refractivity contribution is 5.74. The second kappa shape index (κ2) is 3.42. The third kappa shape index (κ3) is 2.43. The van der Waals surface area contributed by atoms with E-state index >= 15 is 0 Å². The minimum atomic E-state index is -0.787. The zero-order chi connectivity index (χ0) is 7.44. The number of rotatable bonds is 2. The summed E-state index contributed by atoms with van der Waals surface area (Å²) in [6.45, 7) is 3.53. The molecule has 0 aliphatic carbocycles. The van der Waals surface area contributed by atoms with Crippen LogP contribution in [-0.4, -0.2) is 17.3 Å². The average Bonchev–Trinajstić information content (AvgIpc) is 1.84. The van der Waals surface area contributed by atoms with Crippen LogP contribution in [0.15, 0.2) is 0 Å². The zero-order valence-corrected chi connectivity index (χ0v) is 5.50. The maximum absolute atomic E-state index is 10.4. The summed E-state index contributed by atoms with van der Waals surface area (Å²) < 4.78 is 0. The summed E-state index contributed by atoms with van der Waals surface area (Å²) in [6.07, 6.45) is 0. The number of nitrogens with two attached hydrogens (primary N) is 1. The lowest BCUT2D eigenvalue weighted by Crippen LogP contribution is -2.36. The Balaban J connectivity index is 3.72. The van der Waals surface area contributed by atoms with Gasteiger partial charge in [-0.2, -0.15) is 5.26 Å². The topological polar surface area (TPSA) is 72.6 Å². The van der Waals surface area contributed by atoms with Crippen molar-refractivity contribution in [3.63, 3.8) is 0 Å². The third-order valence-electron chi connectivity index (χ3n) is 1.08. The van der Waals surface area contributed by atoms with Crippen LogP contribution in [0.5, 0.6) is 0 Å². The summed E-state index contributed by atoms with van der Waals surface area (Å²) in [5, 5.41) is 7.82. The van der Waals surface area contributed by atoms with Crippen LogP contribution >= 0.6 is 0 Å². The Morgan fingerprint density at radius 2 is 2.11 bits per heavy atom. The van der Waals surface area contributed by atoms with Crippen molar-refractivity contribution >= 4 is 5.97 Å². The van der Waals surface area contributed by atoms with Crippen LogP contribution in [0.2, 0.25) is 0 Å². The monoisotopic (exact) mass is 133 g/mol. The van der Waals surface area contributed by atoms with Gasteiger partial charge >= 0.3 is 5.97 Å². The van der Waals surface area contributed by atoms with Gasteiger partial charge in [0.2, 0.25) is 0 Å². The number of carbonyl (C=O) groups excluding carboxylic acids is 1. The Kier molecular flexibility index (Phi) is 3.19. The molecule has 4 nitrogen and oxygen atoms in total. The predicted octanol–water partition coefficient (Wildman–Crippen LogP) is -0.0141. The van der Waals surface area contributed by atoms with Crippen LogP contribution in [0.25, 0.3) is 0 Å².